The molecule has 0 saturated heterocycles. The Hall–Kier alpha value is -4.47. The number of rotatable bonds is 11. The Morgan fingerprint density at radius 3 is 1.20 bits per heavy atom. The van der Waals surface area contributed by atoms with Crippen LogP contribution in [0.3, 0.4) is 0 Å². The predicted molar refractivity (Wildman–Crippen MR) is 111 cm³/mol. The minimum absolute atomic E-state index is 0.223. The molecule has 0 aliphatic rings. The summed E-state index contributed by atoms with van der Waals surface area (Å²) >= 11 is 0. The number of aromatic carboxylic acids is 4. The van der Waals surface area contributed by atoms with Gasteiger partial charge >= 0.3 is 65.6 Å². The molecule has 0 amide bonds. The van der Waals surface area contributed by atoms with Gasteiger partial charge < -0.3 is 20.4 Å². The van der Waals surface area contributed by atoms with Crippen molar-refractivity contribution < 1.29 is 105 Å². The molecule has 45 heavy (non-hydrogen) atoms. The number of halogens is 15. The zero-order valence-corrected chi connectivity index (χ0v) is 20.5. The fraction of sp³-hybridized carbons (Fsp3) is 0.364. The van der Waals surface area contributed by atoms with Crippen molar-refractivity contribution in [1.29, 1.82) is 0 Å². The minimum Gasteiger partial charge on any atom is -0.478 e. The summed E-state index contributed by atoms with van der Waals surface area (Å²) in [6.45, 7) is 0. The largest absolute Gasteiger partial charge is 0.478 e. The standard InChI is InChI=1S/C22H9F15O8/c23-16(24,17(25,26)18(27,28)19(29,30)20(31,32)21(33,34)22(35,36)37)4-5-3-8(14(42)43)10-6(12(38)39)1-2-7(13(40)41)11(10)9(5)15(44)45/h1-3H,4H2,(H,38,39)(H,40,41)(H,42,43)(H,44,45). The van der Waals surface area contributed by atoms with E-state index >= 15 is 0 Å². The fourth-order valence-corrected chi connectivity index (χ4v) is 3.88. The van der Waals surface area contributed by atoms with Gasteiger partial charge in [0.05, 0.1) is 22.3 Å². The van der Waals surface area contributed by atoms with Crippen molar-refractivity contribution in [2.45, 2.75) is 48.1 Å². The first-order valence-corrected chi connectivity index (χ1v) is 10.7. The van der Waals surface area contributed by atoms with Crippen molar-refractivity contribution in [3.8, 4) is 0 Å². The van der Waals surface area contributed by atoms with E-state index in [1.54, 1.807) is 0 Å². The van der Waals surface area contributed by atoms with Crippen LogP contribution in [0.1, 0.15) is 47.0 Å². The highest BCUT2D eigenvalue weighted by molar-refractivity contribution is 6.22. The van der Waals surface area contributed by atoms with Crippen LogP contribution < -0.4 is 0 Å². The molecule has 0 saturated carbocycles. The topological polar surface area (TPSA) is 149 Å². The highest BCUT2D eigenvalue weighted by Gasteiger charge is 2.93. The molecule has 250 valence electrons. The number of hydrogen-bond acceptors (Lipinski definition) is 4. The molecule has 0 aliphatic carbocycles. The highest BCUT2D eigenvalue weighted by atomic mass is 19.4. The Balaban J connectivity index is 3.00. The summed E-state index contributed by atoms with van der Waals surface area (Å²) in [5, 5.41) is 34.5. The number of alkyl halides is 15. The van der Waals surface area contributed by atoms with Gasteiger partial charge in [0, 0.05) is 17.2 Å². The summed E-state index contributed by atoms with van der Waals surface area (Å²) in [5.74, 6) is -58.8. The Morgan fingerprint density at radius 2 is 0.844 bits per heavy atom. The molecule has 2 aromatic rings. The predicted octanol–water partition coefficient (Wildman–Crippen LogP) is 6.55. The molecule has 0 spiro atoms. The molecule has 0 bridgehead atoms. The molecule has 2 rings (SSSR count). The van der Waals surface area contributed by atoms with Crippen LogP contribution in [0.15, 0.2) is 18.2 Å². The van der Waals surface area contributed by atoms with Crippen LogP contribution in [0.4, 0.5) is 65.9 Å². The van der Waals surface area contributed by atoms with Crippen LogP contribution in [-0.2, 0) is 6.42 Å². The number of hydrogen-bond donors (Lipinski definition) is 4. The first-order chi connectivity index (χ1) is 19.8. The Labute approximate surface area is 235 Å². The quantitative estimate of drug-likeness (QED) is 0.195. The van der Waals surface area contributed by atoms with Gasteiger partial charge in [-0.3, -0.25) is 0 Å². The van der Waals surface area contributed by atoms with Crippen LogP contribution in [0.25, 0.3) is 10.8 Å². The number of carbonyl (C=O) groups is 4. The van der Waals surface area contributed by atoms with Crippen molar-refractivity contribution in [2.24, 2.45) is 0 Å². The van der Waals surface area contributed by atoms with Crippen molar-refractivity contribution in [3.63, 3.8) is 0 Å². The van der Waals surface area contributed by atoms with Gasteiger partial charge in [0.25, 0.3) is 0 Å². The van der Waals surface area contributed by atoms with Crippen LogP contribution in [-0.4, -0.2) is 86.0 Å². The lowest BCUT2D eigenvalue weighted by Crippen LogP contribution is -2.72. The molecule has 8 nitrogen and oxygen atoms in total. The van der Waals surface area contributed by atoms with Crippen LogP contribution in [0.2, 0.25) is 0 Å². The van der Waals surface area contributed by atoms with Gasteiger partial charge in [-0.05, 0) is 23.8 Å². The SMILES string of the molecule is O=C(O)c1ccc(C(=O)O)c2c(C(=O)O)c(CC(F)(F)C(F)(F)C(F)(F)C(F)(F)C(F)(F)C(F)(F)C(F)(F)F)cc(C(=O)O)c12. The molecular weight excluding hydrogens is 677 g/mol. The summed E-state index contributed by atoms with van der Waals surface area (Å²) in [7, 11) is 0. The van der Waals surface area contributed by atoms with Crippen molar-refractivity contribution in [1.82, 2.24) is 0 Å². The van der Waals surface area contributed by atoms with E-state index in [1.165, 1.54) is 0 Å². The molecule has 0 aliphatic heterocycles. The second-order valence-electron chi connectivity index (χ2n) is 8.84. The van der Waals surface area contributed by atoms with E-state index < -0.39 is 117 Å². The van der Waals surface area contributed by atoms with Gasteiger partial charge in [-0.15, -0.1) is 0 Å². The first kappa shape index (κ1) is 36.7. The molecule has 0 atom stereocenters. The number of carboxylic acid groups (broad SMARTS) is 4. The second-order valence-corrected chi connectivity index (χ2v) is 8.84. The van der Waals surface area contributed by atoms with Crippen LogP contribution in [0, 0.1) is 0 Å². The van der Waals surface area contributed by atoms with Crippen molar-refractivity contribution >= 4 is 34.6 Å². The lowest BCUT2D eigenvalue weighted by Gasteiger charge is -2.41. The number of fused-ring (bicyclic) bond motifs is 1. The lowest BCUT2D eigenvalue weighted by atomic mass is 9.84. The Bertz CT molecular complexity index is 1600. The maximum absolute atomic E-state index is 14.7. The highest BCUT2D eigenvalue weighted by Crippen LogP contribution is 2.62. The fourth-order valence-electron chi connectivity index (χ4n) is 3.88. The maximum Gasteiger partial charge on any atom is 0.460 e. The van der Waals surface area contributed by atoms with E-state index in [0.717, 1.165) is 0 Å². The third-order valence-electron chi connectivity index (χ3n) is 6.07. The third kappa shape index (κ3) is 5.19. The summed E-state index contributed by atoms with van der Waals surface area (Å²) in [6.07, 6.45) is -11.3. The molecular formula is C22H9F15O8. The van der Waals surface area contributed by atoms with Crippen molar-refractivity contribution in [2.75, 3.05) is 0 Å². The normalized spacial score (nSPS) is 14.0. The summed E-state index contributed by atoms with van der Waals surface area (Å²) in [5.41, 5.74) is -8.70. The zero-order chi connectivity index (χ0) is 35.7. The number of benzene rings is 2. The molecule has 0 aromatic heterocycles. The van der Waals surface area contributed by atoms with Gasteiger partial charge in [0.15, 0.2) is 0 Å². The van der Waals surface area contributed by atoms with Crippen molar-refractivity contribution in [3.05, 3.63) is 46.0 Å². The third-order valence-corrected chi connectivity index (χ3v) is 6.07. The molecule has 0 fully saturated rings. The van der Waals surface area contributed by atoms with Gasteiger partial charge in [-0.25, -0.2) is 19.2 Å². The molecule has 0 radical (unpaired) electrons. The van der Waals surface area contributed by atoms with Gasteiger partial charge in [-0.2, -0.15) is 65.9 Å². The van der Waals surface area contributed by atoms with E-state index in [0.29, 0.717) is 6.07 Å². The molecule has 0 heterocycles. The first-order valence-electron chi connectivity index (χ1n) is 10.7. The van der Waals surface area contributed by atoms with Crippen LogP contribution >= 0.6 is 0 Å². The van der Waals surface area contributed by atoms with Gasteiger partial charge in [0.1, 0.15) is 0 Å². The van der Waals surface area contributed by atoms with E-state index in [-0.39, 0.29) is 6.07 Å². The van der Waals surface area contributed by atoms with E-state index in [9.17, 15) is 105 Å². The smallest absolute Gasteiger partial charge is 0.460 e. The number of carboxylic acids is 4. The minimum atomic E-state index is -8.66. The average Bonchev–Trinajstić information content (AvgIpc) is 2.85. The summed E-state index contributed by atoms with van der Waals surface area (Å²) in [4.78, 5) is 46.9. The zero-order valence-electron chi connectivity index (χ0n) is 20.5. The molecule has 2 aromatic carbocycles. The van der Waals surface area contributed by atoms with E-state index in [2.05, 4.69) is 0 Å². The van der Waals surface area contributed by atoms with Gasteiger partial charge in [-0.1, -0.05) is 0 Å². The maximum atomic E-state index is 14.7. The Morgan fingerprint density at radius 1 is 0.489 bits per heavy atom. The van der Waals surface area contributed by atoms with Gasteiger partial charge in [0.2, 0.25) is 0 Å². The van der Waals surface area contributed by atoms with E-state index in [4.69, 9.17) is 0 Å². The Kier molecular flexibility index (Phi) is 8.62. The van der Waals surface area contributed by atoms with E-state index in [1.807, 2.05) is 0 Å². The monoisotopic (exact) mass is 686 g/mol. The molecule has 23 heteroatoms. The lowest BCUT2D eigenvalue weighted by molar-refractivity contribution is -0.452. The second kappa shape index (κ2) is 10.6. The average molecular weight is 686 g/mol. The molecule has 0 unspecified atom stereocenters. The van der Waals surface area contributed by atoms with Crippen LogP contribution in [0.5, 0.6) is 0 Å². The summed E-state index contributed by atoms with van der Waals surface area (Å²) in [6, 6.07) is 0.118. The molecule has 4 N–H and O–H groups in total. The summed E-state index contributed by atoms with van der Waals surface area (Å²) < 4.78 is 204.